The molecule has 3 fully saturated rings. The first-order valence-electron chi connectivity index (χ1n) is 14.4. The van der Waals surface area contributed by atoms with Gasteiger partial charge in [-0.2, -0.15) is 0 Å². The van der Waals surface area contributed by atoms with Crippen LogP contribution in [-0.4, -0.2) is 89.6 Å². The van der Waals surface area contributed by atoms with Crippen molar-refractivity contribution >= 4 is 46.9 Å². The molecule has 1 spiro atoms. The molecule has 3 amide bonds. The van der Waals surface area contributed by atoms with Crippen molar-refractivity contribution in [1.82, 2.24) is 14.7 Å². The fraction of sp³-hybridized carbons (Fsp3) is 0.484. The highest BCUT2D eigenvalue weighted by molar-refractivity contribution is 6.42. The normalized spacial score (nSPS) is 20.6. The summed E-state index contributed by atoms with van der Waals surface area (Å²) in [5.74, 6) is -1.11. The number of benzene rings is 2. The van der Waals surface area contributed by atoms with Crippen LogP contribution in [0.1, 0.15) is 58.9 Å². The topological polar surface area (TPSA) is 96.5 Å². The molecule has 3 aliphatic rings. The number of rotatable bonds is 5. The molecule has 224 valence electrons. The first kappa shape index (κ1) is 30.3. The lowest BCUT2D eigenvalue weighted by molar-refractivity contribution is -0.152. The molecule has 0 aliphatic carbocycles. The van der Waals surface area contributed by atoms with E-state index in [1.165, 1.54) is 0 Å². The molecule has 0 saturated carbocycles. The second kappa shape index (κ2) is 12.6. The van der Waals surface area contributed by atoms with Gasteiger partial charge in [-0.3, -0.25) is 24.1 Å². The molecule has 11 heteroatoms. The van der Waals surface area contributed by atoms with Gasteiger partial charge in [-0.25, -0.2) is 0 Å². The number of carbonyl (C=O) groups excluding carboxylic acids is 4. The third-order valence-electron chi connectivity index (χ3n) is 8.56. The highest BCUT2D eigenvalue weighted by atomic mass is 35.5. The molecule has 2 aromatic carbocycles. The van der Waals surface area contributed by atoms with Crippen LogP contribution in [0, 0.1) is 12.8 Å². The largest absolute Gasteiger partial charge is 0.466 e. The third-order valence-corrected chi connectivity index (χ3v) is 9.30. The van der Waals surface area contributed by atoms with Gasteiger partial charge in [-0.05, 0) is 56.5 Å². The molecule has 3 saturated heterocycles. The van der Waals surface area contributed by atoms with Gasteiger partial charge in [0.25, 0.3) is 11.8 Å². The summed E-state index contributed by atoms with van der Waals surface area (Å²) in [6, 6.07) is 11.3. The molecule has 3 heterocycles. The van der Waals surface area contributed by atoms with E-state index in [-0.39, 0.29) is 36.2 Å². The number of ether oxygens (including phenoxy) is 2. The van der Waals surface area contributed by atoms with Gasteiger partial charge in [0, 0.05) is 50.1 Å². The van der Waals surface area contributed by atoms with Crippen molar-refractivity contribution in [3.8, 4) is 0 Å². The summed E-state index contributed by atoms with van der Waals surface area (Å²) in [4.78, 5) is 58.6. The van der Waals surface area contributed by atoms with Crippen LogP contribution < -0.4 is 0 Å². The van der Waals surface area contributed by atoms with Gasteiger partial charge in [0.1, 0.15) is 11.8 Å². The number of hydrogen-bond acceptors (Lipinski definition) is 6. The summed E-state index contributed by atoms with van der Waals surface area (Å²) in [5, 5.41) is 0.675. The summed E-state index contributed by atoms with van der Waals surface area (Å²) in [7, 11) is 0. The smallest absolute Gasteiger partial charge is 0.309 e. The fourth-order valence-corrected chi connectivity index (χ4v) is 6.47. The van der Waals surface area contributed by atoms with E-state index >= 15 is 0 Å². The number of aryl methyl sites for hydroxylation is 1. The minimum absolute atomic E-state index is 0.0645. The van der Waals surface area contributed by atoms with Crippen LogP contribution in [-0.2, 0) is 19.1 Å². The van der Waals surface area contributed by atoms with E-state index in [0.717, 1.165) is 5.56 Å². The van der Waals surface area contributed by atoms with E-state index in [2.05, 4.69) is 0 Å². The number of amides is 3. The van der Waals surface area contributed by atoms with Crippen LogP contribution in [0.2, 0.25) is 10.0 Å². The Morgan fingerprint density at radius 1 is 0.929 bits per heavy atom. The van der Waals surface area contributed by atoms with Crippen molar-refractivity contribution in [2.45, 2.75) is 51.3 Å². The molecule has 1 unspecified atom stereocenters. The SMILES string of the molecule is CCOC(=O)C1CCN(C(=O)C2COC3(CCN(C(=O)c4ccc(Cl)c(Cl)c4)CC3)N2C(=O)c2ccccc2C)CC1. The number of esters is 1. The van der Waals surface area contributed by atoms with Crippen LogP contribution in [0.25, 0.3) is 0 Å². The van der Waals surface area contributed by atoms with Gasteiger partial charge in [-0.1, -0.05) is 41.4 Å². The zero-order chi connectivity index (χ0) is 30.0. The van der Waals surface area contributed by atoms with Crippen molar-refractivity contribution in [2.75, 3.05) is 39.4 Å². The van der Waals surface area contributed by atoms with E-state index in [9.17, 15) is 19.2 Å². The zero-order valence-corrected chi connectivity index (χ0v) is 25.3. The Labute approximate surface area is 255 Å². The molecule has 0 N–H and O–H groups in total. The molecule has 0 aromatic heterocycles. The first-order chi connectivity index (χ1) is 20.1. The average Bonchev–Trinajstić information content (AvgIpc) is 3.36. The average molecular weight is 617 g/mol. The molecule has 1 atom stereocenters. The number of nitrogens with zero attached hydrogens (tertiary/aromatic N) is 3. The van der Waals surface area contributed by atoms with Crippen LogP contribution in [0.15, 0.2) is 42.5 Å². The first-order valence-corrected chi connectivity index (χ1v) is 15.1. The maximum atomic E-state index is 14.2. The van der Waals surface area contributed by atoms with Crippen molar-refractivity contribution in [1.29, 1.82) is 0 Å². The van der Waals surface area contributed by atoms with E-state index < -0.39 is 11.8 Å². The van der Waals surface area contributed by atoms with Crippen LogP contribution in [0.4, 0.5) is 0 Å². The van der Waals surface area contributed by atoms with E-state index in [4.69, 9.17) is 32.7 Å². The van der Waals surface area contributed by atoms with Gasteiger partial charge in [0.15, 0.2) is 0 Å². The number of carbonyl (C=O) groups is 4. The monoisotopic (exact) mass is 615 g/mol. The minimum atomic E-state index is -1.03. The molecule has 42 heavy (non-hydrogen) atoms. The van der Waals surface area contributed by atoms with Gasteiger partial charge < -0.3 is 19.3 Å². The predicted octanol–water partition coefficient (Wildman–Crippen LogP) is 4.58. The molecule has 0 bridgehead atoms. The molecular weight excluding hydrogens is 581 g/mol. The Kier molecular flexibility index (Phi) is 9.11. The summed E-state index contributed by atoms with van der Waals surface area (Å²) >= 11 is 12.2. The molecule has 3 aliphatic heterocycles. The Morgan fingerprint density at radius 3 is 2.26 bits per heavy atom. The standard InChI is InChI=1S/C31H35Cl2N3O6/c1-3-41-30(40)21-10-14-34(15-11-21)29(39)26-19-42-31(36(26)28(38)23-7-5-4-6-20(23)2)12-16-35(17-13-31)27(37)22-8-9-24(32)25(33)18-22/h4-9,18,21,26H,3,10-17,19H2,1-2H3. The van der Waals surface area contributed by atoms with Crippen LogP contribution in [0.5, 0.6) is 0 Å². The fourth-order valence-electron chi connectivity index (χ4n) is 6.18. The van der Waals surface area contributed by atoms with E-state index in [1.54, 1.807) is 52.0 Å². The maximum Gasteiger partial charge on any atom is 0.309 e. The molecule has 0 radical (unpaired) electrons. The molecule has 9 nitrogen and oxygen atoms in total. The summed E-state index contributed by atoms with van der Waals surface area (Å²) in [5.41, 5.74) is 0.714. The lowest BCUT2D eigenvalue weighted by Crippen LogP contribution is -2.60. The van der Waals surface area contributed by atoms with E-state index in [0.29, 0.717) is 79.6 Å². The number of halogens is 2. The maximum absolute atomic E-state index is 14.2. The summed E-state index contributed by atoms with van der Waals surface area (Å²) < 4.78 is 11.5. The van der Waals surface area contributed by atoms with Gasteiger partial charge >= 0.3 is 5.97 Å². The lowest BCUT2D eigenvalue weighted by atomic mass is 9.94. The Bertz CT molecular complexity index is 1370. The minimum Gasteiger partial charge on any atom is -0.466 e. The quantitative estimate of drug-likeness (QED) is 0.457. The number of likely N-dealkylation sites (tertiary alicyclic amines) is 2. The van der Waals surface area contributed by atoms with E-state index in [1.807, 2.05) is 19.1 Å². The molecule has 2 aromatic rings. The lowest BCUT2D eigenvalue weighted by Gasteiger charge is -2.45. The Hall–Kier alpha value is -3.14. The predicted molar refractivity (Wildman–Crippen MR) is 157 cm³/mol. The van der Waals surface area contributed by atoms with Crippen molar-refractivity contribution < 1.29 is 28.7 Å². The zero-order valence-electron chi connectivity index (χ0n) is 23.8. The van der Waals surface area contributed by atoms with Crippen LogP contribution in [0.3, 0.4) is 0 Å². The van der Waals surface area contributed by atoms with Crippen molar-refractivity contribution in [3.63, 3.8) is 0 Å². The molecular formula is C31H35Cl2N3O6. The molecule has 5 rings (SSSR count). The number of piperidine rings is 2. The second-order valence-electron chi connectivity index (χ2n) is 11.0. The highest BCUT2D eigenvalue weighted by Crippen LogP contribution is 2.40. The summed E-state index contributed by atoms with van der Waals surface area (Å²) in [6.07, 6.45) is 1.74. The van der Waals surface area contributed by atoms with Crippen molar-refractivity contribution in [2.24, 2.45) is 5.92 Å². The van der Waals surface area contributed by atoms with Crippen LogP contribution >= 0.6 is 23.2 Å². The van der Waals surface area contributed by atoms with Gasteiger partial charge in [0.05, 0.1) is 29.2 Å². The number of hydrogen-bond donors (Lipinski definition) is 0. The Morgan fingerprint density at radius 2 is 1.62 bits per heavy atom. The third kappa shape index (κ3) is 5.87. The Balaban J connectivity index is 1.35. The second-order valence-corrected chi connectivity index (χ2v) is 11.9. The summed E-state index contributed by atoms with van der Waals surface area (Å²) in [6.45, 7) is 5.52. The van der Waals surface area contributed by atoms with Gasteiger partial charge in [0.2, 0.25) is 5.91 Å². The highest BCUT2D eigenvalue weighted by Gasteiger charge is 2.55. The van der Waals surface area contributed by atoms with Crippen molar-refractivity contribution in [3.05, 3.63) is 69.2 Å². The van der Waals surface area contributed by atoms with Gasteiger partial charge in [-0.15, -0.1) is 0 Å².